The van der Waals surface area contributed by atoms with Crippen LogP contribution in [0.25, 0.3) is 0 Å². The monoisotopic (exact) mass is 336 g/mol. The summed E-state index contributed by atoms with van der Waals surface area (Å²) in [6, 6.07) is 0. The number of fused-ring (bicyclic) bond motifs is 1. The molecule has 0 amide bonds. The zero-order valence-corrected chi connectivity index (χ0v) is 15.0. The minimum absolute atomic E-state index is 0.0190. The van der Waals surface area contributed by atoms with Crippen molar-refractivity contribution in [3.05, 3.63) is 12.2 Å². The standard InChI is InChI=1S/C20H32O4/c1-2-3-4-7-16(23-20-8-5-6-13-22-20)11-9-15-10-12-18-17(15)14-19(21)24-18/h9,11,15-18,20H,2-8,10,12-14H2,1H3/b11-9+. The van der Waals surface area contributed by atoms with Crippen LogP contribution in [0.1, 0.15) is 71.1 Å². The summed E-state index contributed by atoms with van der Waals surface area (Å²) in [5.41, 5.74) is 0. The number of carbonyl (C=O) groups is 1. The number of carbonyl (C=O) groups excluding carboxylic acids is 1. The van der Waals surface area contributed by atoms with Gasteiger partial charge in [0.2, 0.25) is 0 Å². The van der Waals surface area contributed by atoms with Gasteiger partial charge in [-0.2, -0.15) is 0 Å². The van der Waals surface area contributed by atoms with E-state index in [4.69, 9.17) is 14.2 Å². The number of esters is 1. The lowest BCUT2D eigenvalue weighted by molar-refractivity contribution is -0.179. The molecular weight excluding hydrogens is 304 g/mol. The number of allylic oxidation sites excluding steroid dienone is 1. The first kappa shape index (κ1) is 17.9. The molecule has 0 aromatic heterocycles. The molecule has 4 nitrogen and oxygen atoms in total. The second-order valence-electron chi connectivity index (χ2n) is 7.49. The smallest absolute Gasteiger partial charge is 0.306 e. The van der Waals surface area contributed by atoms with Gasteiger partial charge in [0.05, 0.1) is 12.5 Å². The van der Waals surface area contributed by atoms with Crippen molar-refractivity contribution in [1.82, 2.24) is 0 Å². The molecular formula is C20H32O4. The summed E-state index contributed by atoms with van der Waals surface area (Å²) in [5, 5.41) is 0. The first-order chi connectivity index (χ1) is 11.8. The van der Waals surface area contributed by atoms with Gasteiger partial charge in [0.1, 0.15) is 6.10 Å². The summed E-state index contributed by atoms with van der Waals surface area (Å²) in [4.78, 5) is 11.5. The maximum Gasteiger partial charge on any atom is 0.306 e. The molecule has 0 bridgehead atoms. The highest BCUT2D eigenvalue weighted by Gasteiger charge is 2.43. The van der Waals surface area contributed by atoms with Gasteiger partial charge in [-0.1, -0.05) is 38.3 Å². The molecule has 2 saturated heterocycles. The topological polar surface area (TPSA) is 44.8 Å². The van der Waals surface area contributed by atoms with E-state index in [1.54, 1.807) is 0 Å². The van der Waals surface area contributed by atoms with Crippen molar-refractivity contribution in [3.63, 3.8) is 0 Å². The van der Waals surface area contributed by atoms with E-state index < -0.39 is 0 Å². The zero-order chi connectivity index (χ0) is 16.8. The summed E-state index contributed by atoms with van der Waals surface area (Å²) in [7, 11) is 0. The van der Waals surface area contributed by atoms with Gasteiger partial charge in [-0.05, 0) is 44.4 Å². The summed E-state index contributed by atoms with van der Waals surface area (Å²) < 4.78 is 17.4. The van der Waals surface area contributed by atoms with Gasteiger partial charge in [-0.15, -0.1) is 0 Å². The predicted octanol–water partition coefficient (Wildman–Crippen LogP) is 4.38. The van der Waals surface area contributed by atoms with Crippen LogP contribution in [0.2, 0.25) is 0 Å². The number of hydrogen-bond donors (Lipinski definition) is 0. The minimum atomic E-state index is -0.0391. The predicted molar refractivity (Wildman–Crippen MR) is 92.5 cm³/mol. The van der Waals surface area contributed by atoms with Crippen LogP contribution in [0.15, 0.2) is 12.2 Å². The molecule has 0 spiro atoms. The molecule has 2 heterocycles. The summed E-state index contributed by atoms with van der Waals surface area (Å²) in [5.74, 6) is 0.830. The Kier molecular flexibility index (Phi) is 6.73. The largest absolute Gasteiger partial charge is 0.462 e. The first-order valence-corrected chi connectivity index (χ1v) is 9.91. The van der Waals surface area contributed by atoms with Crippen LogP contribution in [0, 0.1) is 11.8 Å². The van der Waals surface area contributed by atoms with Gasteiger partial charge in [0.25, 0.3) is 0 Å². The van der Waals surface area contributed by atoms with Crippen LogP contribution in [-0.2, 0) is 19.0 Å². The fourth-order valence-electron chi connectivity index (χ4n) is 4.22. The van der Waals surface area contributed by atoms with Gasteiger partial charge >= 0.3 is 5.97 Å². The van der Waals surface area contributed by atoms with E-state index in [9.17, 15) is 4.79 Å². The molecule has 2 aliphatic heterocycles. The van der Waals surface area contributed by atoms with Crippen LogP contribution in [0.3, 0.4) is 0 Å². The number of unbranched alkanes of at least 4 members (excludes halogenated alkanes) is 2. The zero-order valence-electron chi connectivity index (χ0n) is 15.0. The maximum absolute atomic E-state index is 11.5. The number of hydrogen-bond acceptors (Lipinski definition) is 4. The molecule has 3 fully saturated rings. The second-order valence-corrected chi connectivity index (χ2v) is 7.49. The van der Waals surface area contributed by atoms with Crippen LogP contribution in [0.4, 0.5) is 0 Å². The number of ether oxygens (including phenoxy) is 3. The summed E-state index contributed by atoms with van der Waals surface area (Å²) >= 11 is 0. The lowest BCUT2D eigenvalue weighted by atomic mass is 9.92. The molecule has 1 saturated carbocycles. The van der Waals surface area contributed by atoms with Gasteiger partial charge in [-0.3, -0.25) is 4.79 Å². The molecule has 5 atom stereocenters. The average molecular weight is 336 g/mol. The molecule has 1 aliphatic carbocycles. The highest BCUT2D eigenvalue weighted by atomic mass is 16.7. The van der Waals surface area contributed by atoms with Gasteiger partial charge in [-0.25, -0.2) is 0 Å². The van der Waals surface area contributed by atoms with Gasteiger partial charge < -0.3 is 14.2 Å². The van der Waals surface area contributed by atoms with Crippen LogP contribution >= 0.6 is 0 Å². The van der Waals surface area contributed by atoms with Crippen LogP contribution in [0.5, 0.6) is 0 Å². The Morgan fingerprint density at radius 3 is 2.96 bits per heavy atom. The Morgan fingerprint density at radius 1 is 1.25 bits per heavy atom. The van der Waals surface area contributed by atoms with Crippen LogP contribution in [-0.4, -0.2) is 31.1 Å². The maximum atomic E-state index is 11.5. The Bertz CT molecular complexity index is 427. The Hall–Kier alpha value is -0.870. The van der Waals surface area contributed by atoms with Crippen molar-refractivity contribution < 1.29 is 19.0 Å². The molecule has 4 heteroatoms. The third-order valence-electron chi connectivity index (χ3n) is 5.63. The molecule has 0 radical (unpaired) electrons. The third-order valence-corrected chi connectivity index (χ3v) is 5.63. The molecule has 0 N–H and O–H groups in total. The van der Waals surface area contributed by atoms with E-state index in [0.29, 0.717) is 18.3 Å². The van der Waals surface area contributed by atoms with E-state index in [2.05, 4.69) is 19.1 Å². The molecule has 0 aromatic carbocycles. The molecule has 136 valence electrons. The Morgan fingerprint density at radius 2 is 2.17 bits per heavy atom. The Labute approximate surface area is 145 Å². The van der Waals surface area contributed by atoms with Crippen molar-refractivity contribution in [1.29, 1.82) is 0 Å². The van der Waals surface area contributed by atoms with E-state index in [1.165, 1.54) is 25.7 Å². The quantitative estimate of drug-likeness (QED) is 0.375. The normalized spacial score (nSPS) is 34.5. The lowest BCUT2D eigenvalue weighted by Crippen LogP contribution is -2.27. The summed E-state index contributed by atoms with van der Waals surface area (Å²) in [6.45, 7) is 3.05. The Balaban J connectivity index is 1.54. The molecule has 3 aliphatic rings. The fourth-order valence-corrected chi connectivity index (χ4v) is 4.22. The number of rotatable bonds is 8. The molecule has 24 heavy (non-hydrogen) atoms. The van der Waals surface area contributed by atoms with E-state index in [-0.39, 0.29) is 24.5 Å². The van der Waals surface area contributed by atoms with Crippen molar-refractivity contribution in [2.45, 2.75) is 89.6 Å². The van der Waals surface area contributed by atoms with Crippen molar-refractivity contribution >= 4 is 5.97 Å². The third kappa shape index (κ3) is 4.82. The molecule has 3 rings (SSSR count). The fraction of sp³-hybridized carbons (Fsp3) is 0.850. The summed E-state index contributed by atoms with van der Waals surface area (Å²) in [6.07, 6.45) is 15.6. The highest BCUT2D eigenvalue weighted by Crippen LogP contribution is 2.41. The minimum Gasteiger partial charge on any atom is -0.462 e. The molecule has 5 unspecified atom stereocenters. The van der Waals surface area contributed by atoms with Crippen molar-refractivity contribution in [2.24, 2.45) is 11.8 Å². The van der Waals surface area contributed by atoms with Gasteiger partial charge in [0, 0.05) is 12.5 Å². The van der Waals surface area contributed by atoms with Crippen molar-refractivity contribution in [2.75, 3.05) is 6.61 Å². The average Bonchev–Trinajstić information content (AvgIpc) is 3.13. The second kappa shape index (κ2) is 9.00. The van der Waals surface area contributed by atoms with E-state index >= 15 is 0 Å². The molecule has 0 aromatic rings. The SMILES string of the molecule is CCCCCC(/C=C/C1CCC2OC(=O)CC12)OC1CCCCO1. The van der Waals surface area contributed by atoms with E-state index in [0.717, 1.165) is 38.7 Å². The highest BCUT2D eigenvalue weighted by molar-refractivity contribution is 5.72. The lowest BCUT2D eigenvalue weighted by Gasteiger charge is -2.27. The van der Waals surface area contributed by atoms with Crippen LogP contribution < -0.4 is 0 Å². The van der Waals surface area contributed by atoms with E-state index in [1.807, 2.05) is 0 Å². The first-order valence-electron chi connectivity index (χ1n) is 9.91. The van der Waals surface area contributed by atoms with Crippen molar-refractivity contribution in [3.8, 4) is 0 Å². The van der Waals surface area contributed by atoms with Gasteiger partial charge in [0.15, 0.2) is 6.29 Å².